The minimum Gasteiger partial charge on any atom is -0.397 e. The fourth-order valence-corrected chi connectivity index (χ4v) is 1.54. The summed E-state index contributed by atoms with van der Waals surface area (Å²) >= 11 is 5.82. The fourth-order valence-electron chi connectivity index (χ4n) is 1.45. The van der Waals surface area contributed by atoms with E-state index in [1.807, 2.05) is 13.8 Å². The van der Waals surface area contributed by atoms with Gasteiger partial charge >= 0.3 is 0 Å². The van der Waals surface area contributed by atoms with Crippen molar-refractivity contribution in [2.45, 2.75) is 33.2 Å². The maximum Gasteiger partial charge on any atom is 0.123 e. The molecular formula is C17H23ClFN3. The lowest BCUT2D eigenvalue weighted by atomic mass is 10.1. The quantitative estimate of drug-likeness (QED) is 0.457. The molecule has 0 fully saturated rings. The summed E-state index contributed by atoms with van der Waals surface area (Å²) in [6.45, 7) is 7.46. The smallest absolute Gasteiger partial charge is 0.123 e. The van der Waals surface area contributed by atoms with Crippen LogP contribution in [0.3, 0.4) is 0 Å². The van der Waals surface area contributed by atoms with Gasteiger partial charge < -0.3 is 5.73 Å². The molecule has 0 aromatic heterocycles. The van der Waals surface area contributed by atoms with E-state index < -0.39 is 5.50 Å². The average Bonchev–Trinajstić information content (AvgIpc) is 2.52. The number of hydrogen-bond acceptors (Lipinski definition) is 3. The number of alkyl halides is 1. The summed E-state index contributed by atoms with van der Waals surface area (Å²) in [4.78, 5) is 4.13. The van der Waals surface area contributed by atoms with Crippen LogP contribution in [0.4, 0.5) is 4.39 Å². The van der Waals surface area contributed by atoms with Crippen molar-refractivity contribution in [2.24, 2.45) is 10.7 Å². The van der Waals surface area contributed by atoms with Gasteiger partial charge in [0.25, 0.3) is 0 Å². The number of nitrogens with zero attached hydrogens (tertiary/aromatic N) is 1. The van der Waals surface area contributed by atoms with Gasteiger partial charge in [0.05, 0.1) is 11.4 Å². The molecule has 0 bridgehead atoms. The lowest BCUT2D eigenvalue weighted by Crippen LogP contribution is -2.20. The molecule has 0 spiro atoms. The molecule has 1 aromatic carbocycles. The van der Waals surface area contributed by atoms with Gasteiger partial charge in [-0.25, -0.2) is 4.39 Å². The molecule has 0 aliphatic heterocycles. The van der Waals surface area contributed by atoms with E-state index in [2.05, 4.69) is 4.99 Å². The molecule has 0 aliphatic rings. The molecule has 0 saturated carbocycles. The number of nitrogens with two attached hydrogens (primary N) is 1. The number of halogens is 2. The van der Waals surface area contributed by atoms with Gasteiger partial charge in [0.2, 0.25) is 0 Å². The Bertz CT molecular complexity index is 558. The Kier molecular flexibility index (Phi) is 9.79. The van der Waals surface area contributed by atoms with Gasteiger partial charge in [-0.05, 0) is 37.6 Å². The number of aliphatic imine (C=N–C) groups is 1. The Hall–Kier alpha value is -1.94. The second-order valence-electron chi connectivity index (χ2n) is 4.09. The molecule has 1 aromatic rings. The minimum atomic E-state index is -0.469. The van der Waals surface area contributed by atoms with Crippen LogP contribution in [0.1, 0.15) is 33.3 Å². The molecule has 3 N–H and O–H groups in total. The molecule has 3 nitrogen and oxygen atoms in total. The highest BCUT2D eigenvalue weighted by Crippen LogP contribution is 2.07. The number of allylic oxidation sites excluding steroid dienone is 3. The molecule has 0 saturated heterocycles. The highest BCUT2D eigenvalue weighted by molar-refractivity contribution is 6.51. The van der Waals surface area contributed by atoms with Crippen LogP contribution in [-0.4, -0.2) is 16.9 Å². The number of hydrogen-bond donors (Lipinski definition) is 2. The molecule has 22 heavy (non-hydrogen) atoms. The molecular weight excluding hydrogens is 301 g/mol. The molecule has 120 valence electrons. The molecule has 1 unspecified atom stereocenters. The van der Waals surface area contributed by atoms with E-state index in [4.69, 9.17) is 22.7 Å². The number of benzene rings is 1. The first-order valence-corrected chi connectivity index (χ1v) is 7.54. The summed E-state index contributed by atoms with van der Waals surface area (Å²) in [5.41, 5.74) is 7.01. The van der Waals surface area contributed by atoms with Gasteiger partial charge in [-0.3, -0.25) is 10.4 Å². The third kappa shape index (κ3) is 7.18. The molecule has 5 heteroatoms. The molecule has 1 atom stereocenters. The maximum absolute atomic E-state index is 12.8. The second kappa shape index (κ2) is 10.7. The van der Waals surface area contributed by atoms with Crippen LogP contribution in [0.15, 0.2) is 47.1 Å². The van der Waals surface area contributed by atoms with Crippen molar-refractivity contribution < 1.29 is 4.39 Å². The highest BCUT2D eigenvalue weighted by atomic mass is 35.5. The Morgan fingerprint density at radius 2 is 1.86 bits per heavy atom. The van der Waals surface area contributed by atoms with Gasteiger partial charge in [-0.2, -0.15) is 0 Å². The normalized spacial score (nSPS) is 13.5. The van der Waals surface area contributed by atoms with Crippen LogP contribution in [0.5, 0.6) is 0 Å². The summed E-state index contributed by atoms with van der Waals surface area (Å²) < 4.78 is 12.8. The lowest BCUT2D eigenvalue weighted by molar-refractivity contribution is 0.628. The zero-order valence-electron chi connectivity index (χ0n) is 13.4. The van der Waals surface area contributed by atoms with Crippen molar-refractivity contribution in [1.82, 2.24) is 0 Å². The van der Waals surface area contributed by atoms with E-state index in [1.165, 1.54) is 12.1 Å². The monoisotopic (exact) mass is 323 g/mol. The van der Waals surface area contributed by atoms with E-state index in [0.717, 1.165) is 5.56 Å². The van der Waals surface area contributed by atoms with Gasteiger partial charge in [0.1, 0.15) is 17.0 Å². The molecule has 0 heterocycles. The summed E-state index contributed by atoms with van der Waals surface area (Å²) in [6.07, 6.45) is 4.92. The topological polar surface area (TPSA) is 62.2 Å². The zero-order valence-corrected chi connectivity index (χ0v) is 14.2. The van der Waals surface area contributed by atoms with Gasteiger partial charge in [0, 0.05) is 0 Å². The molecule has 1 rings (SSSR count). The Morgan fingerprint density at radius 1 is 1.32 bits per heavy atom. The van der Waals surface area contributed by atoms with Crippen molar-refractivity contribution in [3.63, 3.8) is 0 Å². The number of rotatable bonds is 5. The van der Waals surface area contributed by atoms with Crippen LogP contribution in [0.2, 0.25) is 0 Å². The predicted molar refractivity (Wildman–Crippen MR) is 95.2 cm³/mol. The van der Waals surface area contributed by atoms with E-state index >= 15 is 0 Å². The first-order chi connectivity index (χ1) is 10.4. The summed E-state index contributed by atoms with van der Waals surface area (Å²) in [7, 11) is 0. The van der Waals surface area contributed by atoms with Gasteiger partial charge in [-0.15, -0.1) is 0 Å². The van der Waals surface area contributed by atoms with E-state index in [1.54, 1.807) is 44.2 Å². The molecule has 0 amide bonds. The van der Waals surface area contributed by atoms with Crippen LogP contribution in [0, 0.1) is 11.2 Å². The van der Waals surface area contributed by atoms with E-state index in [0.29, 0.717) is 11.4 Å². The van der Waals surface area contributed by atoms with Crippen molar-refractivity contribution in [1.29, 1.82) is 5.41 Å². The third-order valence-corrected chi connectivity index (χ3v) is 2.56. The summed E-state index contributed by atoms with van der Waals surface area (Å²) in [5.74, 6) is -0.298. The number of nitrogens with one attached hydrogen (secondary N) is 1. The standard InChI is InChI=1S/C15H17ClFN3.C2H6/c1-3-13(18)15(20-10(2)16)14(19)9-6-11-4-7-12(17)8-5-11;1-2/h3-10,19H,18H2,1-2H3;1-2H3/b9-6+,13-3+,19-14?,20-15+;. The maximum atomic E-state index is 12.8. The Morgan fingerprint density at radius 3 is 2.32 bits per heavy atom. The van der Waals surface area contributed by atoms with Crippen molar-refractivity contribution in [3.05, 3.63) is 53.5 Å². The van der Waals surface area contributed by atoms with Gasteiger partial charge in [-0.1, -0.05) is 49.7 Å². The van der Waals surface area contributed by atoms with Crippen molar-refractivity contribution in [2.75, 3.05) is 0 Å². The van der Waals surface area contributed by atoms with Crippen LogP contribution in [-0.2, 0) is 0 Å². The third-order valence-electron chi connectivity index (χ3n) is 2.46. The van der Waals surface area contributed by atoms with Crippen molar-refractivity contribution in [3.8, 4) is 0 Å². The molecule has 0 radical (unpaired) electrons. The second-order valence-corrected chi connectivity index (χ2v) is 4.73. The first kappa shape index (κ1) is 20.1. The average molecular weight is 324 g/mol. The highest BCUT2D eigenvalue weighted by Gasteiger charge is 2.08. The van der Waals surface area contributed by atoms with Crippen molar-refractivity contribution >= 4 is 29.1 Å². The Labute approximate surface area is 136 Å². The van der Waals surface area contributed by atoms with Crippen LogP contribution in [0.25, 0.3) is 6.08 Å². The van der Waals surface area contributed by atoms with Gasteiger partial charge in [0.15, 0.2) is 0 Å². The first-order valence-electron chi connectivity index (χ1n) is 7.10. The SMILES string of the molecule is C/C=C(N)\C(=N/C(C)Cl)C(=N)/C=C/c1ccc(F)cc1.CC. The van der Waals surface area contributed by atoms with E-state index in [9.17, 15) is 4.39 Å². The predicted octanol–water partition coefficient (Wildman–Crippen LogP) is 4.77. The summed E-state index contributed by atoms with van der Waals surface area (Å²) in [6, 6.07) is 5.97. The molecule has 0 aliphatic carbocycles. The Balaban J connectivity index is 0.00000211. The zero-order chi connectivity index (χ0) is 17.1. The van der Waals surface area contributed by atoms with Crippen LogP contribution < -0.4 is 5.73 Å². The minimum absolute atomic E-state index is 0.150. The lowest BCUT2D eigenvalue weighted by Gasteiger charge is -2.06. The summed E-state index contributed by atoms with van der Waals surface area (Å²) in [5, 5.41) is 7.99. The largest absolute Gasteiger partial charge is 0.397 e. The van der Waals surface area contributed by atoms with E-state index in [-0.39, 0.29) is 11.5 Å². The fraction of sp³-hybridized carbons (Fsp3) is 0.294. The van der Waals surface area contributed by atoms with Crippen LogP contribution >= 0.6 is 11.6 Å².